The van der Waals surface area contributed by atoms with Crippen molar-refractivity contribution >= 4 is 12.6 Å². The monoisotopic (exact) mass is 262 g/mol. The average molecular weight is 262 g/mol. The second-order valence-corrected chi connectivity index (χ2v) is 3.55. The van der Waals surface area contributed by atoms with Gasteiger partial charge in [-0.2, -0.15) is 13.2 Å². The normalized spacial score (nSPS) is 15.7. The number of halogens is 4. The summed E-state index contributed by atoms with van der Waals surface area (Å²) in [6, 6.07) is 0. The third-order valence-electron chi connectivity index (χ3n) is 1.71. The Hall–Kier alpha value is -0.430. The molecule has 0 aromatic heterocycles. The fourth-order valence-electron chi connectivity index (χ4n) is 0.958. The van der Waals surface area contributed by atoms with Crippen molar-refractivity contribution in [1.82, 2.24) is 0 Å². The molecule has 0 aliphatic heterocycles. The molecule has 0 aliphatic carbocycles. The minimum absolute atomic E-state index is 0.0699. The van der Waals surface area contributed by atoms with Crippen molar-refractivity contribution in [3.8, 4) is 0 Å². The van der Waals surface area contributed by atoms with Gasteiger partial charge in [0.25, 0.3) is 0 Å². The molecule has 0 aliphatic rings. The molecule has 0 saturated carbocycles. The van der Waals surface area contributed by atoms with E-state index in [1.54, 1.807) is 6.92 Å². The van der Waals surface area contributed by atoms with E-state index >= 15 is 0 Å². The average Bonchev–Trinajstić information content (AvgIpc) is 2.15. The minimum Gasteiger partial charge on any atom is -0.497 e. The molecule has 1 unspecified atom stereocenters. The molecular formula is C9H14F4O2S. The summed E-state index contributed by atoms with van der Waals surface area (Å²) < 4.78 is 52.6. The number of hydrogen-bond acceptors (Lipinski definition) is 3. The van der Waals surface area contributed by atoms with Crippen molar-refractivity contribution in [2.24, 2.45) is 0 Å². The molecule has 16 heavy (non-hydrogen) atoms. The summed E-state index contributed by atoms with van der Waals surface area (Å²) in [7, 11) is 0. The zero-order valence-corrected chi connectivity index (χ0v) is 9.61. The molecule has 0 aromatic carbocycles. The fraction of sp³-hybridized carbons (Fsp3) is 0.778. The summed E-state index contributed by atoms with van der Waals surface area (Å²) in [5, 5.41) is 8.55. The van der Waals surface area contributed by atoms with Crippen LogP contribution in [0.1, 0.15) is 26.2 Å². The second-order valence-electron chi connectivity index (χ2n) is 3.06. The van der Waals surface area contributed by atoms with E-state index in [1.807, 2.05) is 0 Å². The Morgan fingerprint density at radius 3 is 2.38 bits per heavy atom. The van der Waals surface area contributed by atoms with Crippen molar-refractivity contribution in [1.29, 1.82) is 0 Å². The predicted octanol–water partition coefficient (Wildman–Crippen LogP) is 3.18. The molecular weight excluding hydrogens is 248 g/mol. The SMILES string of the molecule is CC/C(OCCCC(F)(F)F)=C(/S)C(O)F. The number of aliphatic hydroxyl groups excluding tert-OH is 1. The number of ether oxygens (including phenoxy) is 1. The van der Waals surface area contributed by atoms with Crippen molar-refractivity contribution < 1.29 is 27.4 Å². The molecule has 0 bridgehead atoms. The Labute approximate surface area is 96.7 Å². The Kier molecular flexibility index (Phi) is 6.82. The highest BCUT2D eigenvalue weighted by molar-refractivity contribution is 7.84. The molecule has 0 spiro atoms. The Morgan fingerprint density at radius 2 is 2.00 bits per heavy atom. The molecule has 1 N–H and O–H groups in total. The van der Waals surface area contributed by atoms with Crippen LogP contribution in [0.4, 0.5) is 17.6 Å². The van der Waals surface area contributed by atoms with Gasteiger partial charge in [0.2, 0.25) is 6.36 Å². The maximum Gasteiger partial charge on any atom is 0.389 e. The van der Waals surface area contributed by atoms with Crippen LogP contribution < -0.4 is 0 Å². The van der Waals surface area contributed by atoms with Crippen LogP contribution in [0.2, 0.25) is 0 Å². The third-order valence-corrected chi connectivity index (χ3v) is 2.18. The van der Waals surface area contributed by atoms with E-state index in [-0.39, 0.29) is 30.1 Å². The molecule has 2 nitrogen and oxygen atoms in total. The molecule has 0 saturated heterocycles. The molecule has 0 radical (unpaired) electrons. The van der Waals surface area contributed by atoms with Crippen LogP contribution in [0.3, 0.4) is 0 Å². The minimum atomic E-state index is -4.22. The first-order chi connectivity index (χ1) is 7.28. The Bertz CT molecular complexity index is 238. The summed E-state index contributed by atoms with van der Waals surface area (Å²) >= 11 is 3.67. The quantitative estimate of drug-likeness (QED) is 0.333. The summed E-state index contributed by atoms with van der Waals surface area (Å²) in [6.45, 7) is 1.44. The van der Waals surface area contributed by atoms with Gasteiger partial charge in [0, 0.05) is 12.8 Å². The lowest BCUT2D eigenvalue weighted by atomic mass is 10.3. The highest BCUT2D eigenvalue weighted by Crippen LogP contribution is 2.23. The van der Waals surface area contributed by atoms with E-state index in [4.69, 9.17) is 9.84 Å². The van der Waals surface area contributed by atoms with E-state index in [0.29, 0.717) is 0 Å². The van der Waals surface area contributed by atoms with Gasteiger partial charge in [0.1, 0.15) is 5.76 Å². The third kappa shape index (κ3) is 6.95. The number of thiol groups is 1. The lowest BCUT2D eigenvalue weighted by Gasteiger charge is -2.13. The molecule has 1 atom stereocenters. The van der Waals surface area contributed by atoms with Crippen LogP contribution in [-0.2, 0) is 4.74 Å². The fourth-order valence-corrected chi connectivity index (χ4v) is 1.18. The lowest BCUT2D eigenvalue weighted by Crippen LogP contribution is -2.10. The molecule has 0 heterocycles. The zero-order chi connectivity index (χ0) is 12.8. The number of alkyl halides is 4. The van der Waals surface area contributed by atoms with Gasteiger partial charge in [0.05, 0.1) is 11.5 Å². The smallest absolute Gasteiger partial charge is 0.389 e. The first-order valence-electron chi connectivity index (χ1n) is 4.71. The first kappa shape index (κ1) is 15.6. The largest absolute Gasteiger partial charge is 0.497 e. The molecule has 0 fully saturated rings. The van der Waals surface area contributed by atoms with Crippen molar-refractivity contribution in [3.63, 3.8) is 0 Å². The van der Waals surface area contributed by atoms with Gasteiger partial charge in [-0.1, -0.05) is 6.92 Å². The van der Waals surface area contributed by atoms with Crippen LogP contribution in [0, 0.1) is 0 Å². The Morgan fingerprint density at radius 1 is 1.44 bits per heavy atom. The topological polar surface area (TPSA) is 29.5 Å². The van der Waals surface area contributed by atoms with Gasteiger partial charge in [-0.3, -0.25) is 0 Å². The van der Waals surface area contributed by atoms with Crippen LogP contribution in [-0.4, -0.2) is 24.2 Å². The van der Waals surface area contributed by atoms with Crippen LogP contribution in [0.5, 0.6) is 0 Å². The van der Waals surface area contributed by atoms with Gasteiger partial charge in [-0.25, -0.2) is 4.39 Å². The molecule has 0 aromatic rings. The Balaban J connectivity index is 4.03. The van der Waals surface area contributed by atoms with E-state index in [9.17, 15) is 17.6 Å². The van der Waals surface area contributed by atoms with Crippen molar-refractivity contribution in [2.45, 2.75) is 38.7 Å². The number of aliphatic hydroxyl groups is 1. The summed E-state index contributed by atoms with van der Waals surface area (Å²) in [6.07, 6.45) is -7.39. The molecule has 0 amide bonds. The second kappa shape index (κ2) is 7.01. The van der Waals surface area contributed by atoms with Gasteiger partial charge < -0.3 is 9.84 Å². The van der Waals surface area contributed by atoms with Gasteiger partial charge in [-0.05, 0) is 6.42 Å². The number of hydrogen-bond donors (Lipinski definition) is 2. The maximum absolute atomic E-state index is 12.4. The van der Waals surface area contributed by atoms with E-state index < -0.39 is 19.0 Å². The molecule has 96 valence electrons. The first-order valence-corrected chi connectivity index (χ1v) is 5.16. The van der Waals surface area contributed by atoms with E-state index in [0.717, 1.165) is 0 Å². The number of rotatable bonds is 6. The molecule has 7 heteroatoms. The van der Waals surface area contributed by atoms with E-state index in [1.165, 1.54) is 0 Å². The van der Waals surface area contributed by atoms with Gasteiger partial charge >= 0.3 is 6.18 Å². The van der Waals surface area contributed by atoms with Gasteiger partial charge in [-0.15, -0.1) is 12.6 Å². The lowest BCUT2D eigenvalue weighted by molar-refractivity contribution is -0.137. The van der Waals surface area contributed by atoms with Crippen LogP contribution in [0.15, 0.2) is 10.7 Å². The highest BCUT2D eigenvalue weighted by atomic mass is 32.1. The van der Waals surface area contributed by atoms with Crippen molar-refractivity contribution in [2.75, 3.05) is 6.61 Å². The van der Waals surface area contributed by atoms with Gasteiger partial charge in [0.15, 0.2) is 0 Å². The van der Waals surface area contributed by atoms with Crippen LogP contribution >= 0.6 is 12.6 Å². The molecule has 0 rings (SSSR count). The number of allylic oxidation sites excluding steroid dienone is 1. The standard InChI is InChI=1S/C9H14F4O2S/c1-2-6(7(16)8(10)14)15-5-3-4-9(11,12)13/h8,14,16H,2-5H2,1H3/b7-6-. The summed E-state index contributed by atoms with van der Waals surface area (Å²) in [4.78, 5) is -0.297. The summed E-state index contributed by atoms with van der Waals surface area (Å²) in [5.41, 5.74) is 0. The summed E-state index contributed by atoms with van der Waals surface area (Å²) in [5.74, 6) is 0.0699. The predicted molar refractivity (Wildman–Crippen MR) is 54.7 cm³/mol. The maximum atomic E-state index is 12.4. The van der Waals surface area contributed by atoms with Crippen molar-refractivity contribution in [3.05, 3.63) is 10.7 Å². The highest BCUT2D eigenvalue weighted by Gasteiger charge is 2.26. The van der Waals surface area contributed by atoms with Crippen LogP contribution in [0.25, 0.3) is 0 Å². The zero-order valence-electron chi connectivity index (χ0n) is 8.72. The van der Waals surface area contributed by atoms with E-state index in [2.05, 4.69) is 12.6 Å².